The Morgan fingerprint density at radius 1 is 1.42 bits per heavy atom. The second-order valence-corrected chi connectivity index (χ2v) is 5.16. The number of halogens is 2. The minimum absolute atomic E-state index is 0.277. The highest BCUT2D eigenvalue weighted by atomic mass is 35.5. The molecule has 3 rings (SSSR count). The van der Waals surface area contributed by atoms with Gasteiger partial charge in [0.05, 0.1) is 13.1 Å². The summed E-state index contributed by atoms with van der Waals surface area (Å²) >= 11 is 5.88. The molecule has 1 N–H and O–H groups in total. The minimum Gasteiger partial charge on any atom is -0.307 e. The normalized spacial score (nSPS) is 14.8. The highest BCUT2D eigenvalue weighted by molar-refractivity contribution is 6.30. The number of benzene rings is 1. The third-order valence-electron chi connectivity index (χ3n) is 3.15. The predicted molar refractivity (Wildman–Crippen MR) is 70.4 cm³/mol. The molecule has 0 spiro atoms. The zero-order valence-corrected chi connectivity index (χ0v) is 11.1. The van der Waals surface area contributed by atoms with Gasteiger partial charge in [0.1, 0.15) is 18.0 Å². The predicted octanol–water partition coefficient (Wildman–Crippen LogP) is 2.37. The molecule has 19 heavy (non-hydrogen) atoms. The van der Waals surface area contributed by atoms with Gasteiger partial charge < -0.3 is 5.32 Å². The Morgan fingerprint density at radius 3 is 3.05 bits per heavy atom. The van der Waals surface area contributed by atoms with Crippen LogP contribution in [0.25, 0.3) is 0 Å². The lowest BCUT2D eigenvalue weighted by Gasteiger charge is -2.08. The fraction of sp³-hybridized carbons (Fsp3) is 0.385. The molecule has 0 aliphatic heterocycles. The molecule has 1 aliphatic rings. The van der Waals surface area contributed by atoms with E-state index in [0.717, 1.165) is 5.82 Å². The van der Waals surface area contributed by atoms with Crippen LogP contribution in [0, 0.1) is 5.82 Å². The van der Waals surface area contributed by atoms with E-state index in [1.807, 2.05) is 0 Å². The highest BCUT2D eigenvalue weighted by Crippen LogP contribution is 2.19. The van der Waals surface area contributed by atoms with Crippen LogP contribution in [0.1, 0.15) is 24.2 Å². The van der Waals surface area contributed by atoms with Crippen LogP contribution in [0.15, 0.2) is 24.5 Å². The summed E-state index contributed by atoms with van der Waals surface area (Å²) in [6, 6.07) is 5.14. The van der Waals surface area contributed by atoms with Gasteiger partial charge in [-0.25, -0.2) is 14.1 Å². The Morgan fingerprint density at radius 2 is 2.26 bits per heavy atom. The molecule has 1 aromatic heterocycles. The van der Waals surface area contributed by atoms with Gasteiger partial charge >= 0.3 is 0 Å². The summed E-state index contributed by atoms with van der Waals surface area (Å²) in [5.74, 6) is 0.535. The maximum atomic E-state index is 13.7. The maximum Gasteiger partial charge on any atom is 0.141 e. The van der Waals surface area contributed by atoms with Gasteiger partial charge in [-0.15, -0.1) is 0 Å². The van der Waals surface area contributed by atoms with Crippen LogP contribution in [0.3, 0.4) is 0 Å². The first-order valence-corrected chi connectivity index (χ1v) is 6.64. The fourth-order valence-corrected chi connectivity index (χ4v) is 2.10. The number of aromatic nitrogens is 3. The largest absolute Gasteiger partial charge is 0.307 e. The molecule has 1 aliphatic carbocycles. The lowest BCUT2D eigenvalue weighted by molar-refractivity contribution is 0.555. The Hall–Kier alpha value is -1.46. The lowest BCUT2D eigenvalue weighted by atomic mass is 10.2. The van der Waals surface area contributed by atoms with Gasteiger partial charge in [0, 0.05) is 16.6 Å². The molecule has 0 bridgehead atoms. The Bertz CT molecular complexity index is 580. The number of hydrogen-bond donors (Lipinski definition) is 1. The Kier molecular flexibility index (Phi) is 3.48. The zero-order valence-electron chi connectivity index (χ0n) is 10.3. The summed E-state index contributed by atoms with van der Waals surface area (Å²) in [6.07, 6.45) is 3.93. The fourth-order valence-electron chi connectivity index (χ4n) is 1.91. The molecule has 0 radical (unpaired) electrons. The van der Waals surface area contributed by atoms with Crippen molar-refractivity contribution >= 4 is 11.6 Å². The molecule has 0 unspecified atom stereocenters. The van der Waals surface area contributed by atoms with Crippen LogP contribution in [-0.2, 0) is 13.1 Å². The van der Waals surface area contributed by atoms with Crippen molar-refractivity contribution in [1.82, 2.24) is 20.1 Å². The van der Waals surface area contributed by atoms with E-state index in [2.05, 4.69) is 15.4 Å². The van der Waals surface area contributed by atoms with E-state index in [4.69, 9.17) is 11.6 Å². The molecule has 0 saturated heterocycles. The number of nitrogens with one attached hydrogen (secondary N) is 1. The minimum atomic E-state index is -0.277. The molecule has 4 nitrogen and oxygen atoms in total. The first kappa shape index (κ1) is 12.6. The highest BCUT2D eigenvalue weighted by Gasteiger charge is 2.21. The summed E-state index contributed by atoms with van der Waals surface area (Å²) in [6.45, 7) is 1.00. The van der Waals surface area contributed by atoms with E-state index in [1.54, 1.807) is 10.7 Å². The van der Waals surface area contributed by atoms with Gasteiger partial charge in [0.15, 0.2) is 0 Å². The monoisotopic (exact) mass is 280 g/mol. The van der Waals surface area contributed by atoms with E-state index in [0.29, 0.717) is 29.7 Å². The Labute approximate surface area is 115 Å². The van der Waals surface area contributed by atoms with Gasteiger partial charge in [0.2, 0.25) is 0 Å². The molecule has 1 heterocycles. The number of rotatable bonds is 5. The summed E-state index contributed by atoms with van der Waals surface area (Å²) in [4.78, 5) is 4.20. The number of hydrogen-bond acceptors (Lipinski definition) is 3. The zero-order chi connectivity index (χ0) is 13.2. The van der Waals surface area contributed by atoms with Crippen molar-refractivity contribution in [3.8, 4) is 0 Å². The lowest BCUT2D eigenvalue weighted by Crippen LogP contribution is -2.20. The average molecular weight is 281 g/mol. The molecule has 1 aromatic carbocycles. The van der Waals surface area contributed by atoms with Crippen LogP contribution < -0.4 is 5.32 Å². The smallest absolute Gasteiger partial charge is 0.141 e. The molecule has 1 fully saturated rings. The third kappa shape index (κ3) is 3.11. The van der Waals surface area contributed by atoms with Crippen LogP contribution in [0.2, 0.25) is 5.02 Å². The molecule has 100 valence electrons. The van der Waals surface area contributed by atoms with Gasteiger partial charge in [-0.1, -0.05) is 11.6 Å². The van der Waals surface area contributed by atoms with E-state index in [9.17, 15) is 4.39 Å². The first-order chi connectivity index (χ1) is 9.22. The molecule has 0 atom stereocenters. The summed E-state index contributed by atoms with van der Waals surface area (Å²) in [5, 5.41) is 8.03. The van der Waals surface area contributed by atoms with Crippen LogP contribution in [0.4, 0.5) is 4.39 Å². The van der Waals surface area contributed by atoms with Gasteiger partial charge in [0.25, 0.3) is 0 Å². The second-order valence-electron chi connectivity index (χ2n) is 4.72. The van der Waals surface area contributed by atoms with E-state index in [1.165, 1.54) is 31.3 Å². The topological polar surface area (TPSA) is 42.7 Å². The van der Waals surface area contributed by atoms with Crippen LogP contribution in [0.5, 0.6) is 0 Å². The molecule has 6 heteroatoms. The van der Waals surface area contributed by atoms with Gasteiger partial charge in [-0.3, -0.25) is 0 Å². The average Bonchev–Trinajstić information content (AvgIpc) is 3.12. The van der Waals surface area contributed by atoms with Gasteiger partial charge in [-0.2, -0.15) is 5.10 Å². The SMILES string of the molecule is Fc1ccc(Cl)cc1Cn1ncnc1CNC1CC1. The number of nitrogens with zero attached hydrogens (tertiary/aromatic N) is 3. The van der Waals surface area contributed by atoms with Crippen molar-refractivity contribution in [3.63, 3.8) is 0 Å². The van der Waals surface area contributed by atoms with E-state index >= 15 is 0 Å². The van der Waals surface area contributed by atoms with Crippen molar-refractivity contribution < 1.29 is 4.39 Å². The standard InChI is InChI=1S/C13H14ClFN4/c14-10-1-4-12(15)9(5-10)7-19-13(17-8-18-19)6-16-11-2-3-11/h1,4-5,8,11,16H,2-3,6-7H2. The van der Waals surface area contributed by atoms with Crippen molar-refractivity contribution in [3.05, 3.63) is 46.8 Å². The molecule has 2 aromatic rings. The van der Waals surface area contributed by atoms with Crippen LogP contribution >= 0.6 is 11.6 Å². The molecule has 0 amide bonds. The molecular formula is C13H14ClFN4. The van der Waals surface area contributed by atoms with E-state index < -0.39 is 0 Å². The van der Waals surface area contributed by atoms with Crippen LogP contribution in [-0.4, -0.2) is 20.8 Å². The van der Waals surface area contributed by atoms with Crippen molar-refractivity contribution in [2.75, 3.05) is 0 Å². The first-order valence-electron chi connectivity index (χ1n) is 6.26. The maximum absolute atomic E-state index is 13.7. The second kappa shape index (κ2) is 5.27. The van der Waals surface area contributed by atoms with Crippen molar-refractivity contribution in [1.29, 1.82) is 0 Å². The van der Waals surface area contributed by atoms with Crippen molar-refractivity contribution in [2.45, 2.75) is 32.0 Å². The van der Waals surface area contributed by atoms with E-state index in [-0.39, 0.29) is 5.82 Å². The Balaban J connectivity index is 1.74. The summed E-state index contributed by atoms with van der Waals surface area (Å²) in [7, 11) is 0. The molecular weight excluding hydrogens is 267 g/mol. The quantitative estimate of drug-likeness (QED) is 0.914. The van der Waals surface area contributed by atoms with Gasteiger partial charge in [-0.05, 0) is 31.0 Å². The molecule has 1 saturated carbocycles. The summed E-state index contributed by atoms with van der Waals surface area (Å²) in [5.41, 5.74) is 0.519. The third-order valence-corrected chi connectivity index (χ3v) is 3.38. The summed E-state index contributed by atoms with van der Waals surface area (Å²) < 4.78 is 15.4. The van der Waals surface area contributed by atoms with Crippen molar-refractivity contribution in [2.24, 2.45) is 0 Å².